The van der Waals surface area contributed by atoms with Gasteiger partial charge in [-0.25, -0.2) is 0 Å². The van der Waals surface area contributed by atoms with E-state index in [-0.39, 0.29) is 20.1 Å². The molecule has 3 aromatic heterocycles. The zero-order chi connectivity index (χ0) is 38.4. The van der Waals surface area contributed by atoms with Gasteiger partial charge < -0.3 is 4.98 Å². The van der Waals surface area contributed by atoms with E-state index in [1.807, 2.05) is 54.8 Å². The summed E-state index contributed by atoms with van der Waals surface area (Å²) < 4.78 is 13.4. The van der Waals surface area contributed by atoms with Gasteiger partial charge in [-0.15, -0.1) is 35.9 Å². The van der Waals surface area contributed by atoms with Gasteiger partial charge in [0.1, 0.15) is 0 Å². The first-order valence-corrected chi connectivity index (χ1v) is 30.0. The number of aryl methyl sites for hydroxylation is 2. The topological polar surface area (TPSA) is 25.8 Å². The first-order chi connectivity index (χ1) is 25.6. The van der Waals surface area contributed by atoms with Crippen LogP contribution in [0.2, 0.25) is 36.9 Å². The van der Waals surface area contributed by atoms with Gasteiger partial charge in [-0.2, -0.15) is 0 Å². The SMILES string of the molecule is Cc1cc(-c2[c-]cccc2)ncc1[Si](C)(C)C.[2H]C(C)(c1ccnc(-c2[c-]ccc3c2sc2cc[c]([Ge]([CH3])([CH3])[CH3])cc23)c1)c1ccc2ccc(C)cc2c1.[Ir]. The Balaban J connectivity index is 0.000000241. The summed E-state index contributed by atoms with van der Waals surface area (Å²) in [6.07, 6.45) is 3.89. The Morgan fingerprint density at radius 3 is 2.24 bits per heavy atom. The van der Waals surface area contributed by atoms with E-state index in [4.69, 9.17) is 4.98 Å². The summed E-state index contributed by atoms with van der Waals surface area (Å²) in [5.74, 6) is 6.42. The molecule has 0 aliphatic rings. The summed E-state index contributed by atoms with van der Waals surface area (Å²) in [5.41, 5.74) is 8.47. The standard InChI is InChI=1S/C33H30GeNS.C15H18NSi.Ir/c1-21-9-10-23-11-12-24(18-26(23)17-21)22(2)25-15-16-35-31(19-25)29-8-6-7-28-30-20-27(34(3,4)5)13-14-32(30)36-33(28)29;1-12-10-14(13-8-6-5-7-9-13)16-11-15(12)17(2,3)4;/h6-7,9-20,22H,1-5H3;5-8,10-11H,1-4H3;/q2*-1;/i22D;;. The zero-order valence-corrected chi connectivity index (χ0v) is 39.0. The Morgan fingerprint density at radius 2 is 1.52 bits per heavy atom. The molecule has 0 aliphatic carbocycles. The molecule has 54 heavy (non-hydrogen) atoms. The number of thiophene rings is 1. The van der Waals surface area contributed by atoms with Crippen LogP contribution >= 0.6 is 11.3 Å². The summed E-state index contributed by atoms with van der Waals surface area (Å²) in [5, 5.41) is 6.42. The van der Waals surface area contributed by atoms with Gasteiger partial charge in [-0.3, -0.25) is 0 Å². The van der Waals surface area contributed by atoms with E-state index in [1.54, 1.807) is 0 Å². The predicted octanol–water partition coefficient (Wildman–Crippen LogP) is 12.5. The Morgan fingerprint density at radius 1 is 0.741 bits per heavy atom. The number of fused-ring (bicyclic) bond motifs is 4. The third-order valence-corrected chi connectivity index (χ3v) is 17.7. The predicted molar refractivity (Wildman–Crippen MR) is 237 cm³/mol. The van der Waals surface area contributed by atoms with E-state index in [2.05, 4.69) is 153 Å². The van der Waals surface area contributed by atoms with Crippen molar-refractivity contribution in [1.29, 1.82) is 0 Å². The minimum absolute atomic E-state index is 0. The van der Waals surface area contributed by atoms with Gasteiger partial charge in [0.05, 0.1) is 8.07 Å². The molecule has 2 nitrogen and oxygen atoms in total. The summed E-state index contributed by atoms with van der Waals surface area (Å²) in [6, 6.07) is 45.0. The molecule has 1 atom stereocenters. The first kappa shape index (κ1) is 38.6. The number of nitrogens with zero attached hydrogens (tertiary/aromatic N) is 2. The van der Waals surface area contributed by atoms with E-state index in [9.17, 15) is 1.37 Å². The molecule has 0 amide bonds. The molecule has 1 unspecified atom stereocenters. The van der Waals surface area contributed by atoms with Crippen LogP contribution in [-0.4, -0.2) is 31.3 Å². The van der Waals surface area contributed by atoms with E-state index in [0.29, 0.717) is 0 Å². The molecular weight excluding hydrogens is 930 g/mol. The molecule has 0 N–H and O–H groups in total. The van der Waals surface area contributed by atoms with Crippen LogP contribution in [0.4, 0.5) is 0 Å². The fraction of sp³-hybridized carbons (Fsp3) is 0.208. The number of benzene rings is 5. The van der Waals surface area contributed by atoms with Crippen LogP contribution in [-0.2, 0) is 20.1 Å². The van der Waals surface area contributed by atoms with Crippen LogP contribution in [0.3, 0.4) is 0 Å². The van der Waals surface area contributed by atoms with Gasteiger partial charge in [-0.05, 0) is 35.5 Å². The molecule has 5 aromatic carbocycles. The monoisotopic (exact) mass is 980 g/mol. The fourth-order valence-corrected chi connectivity index (χ4v) is 12.3. The van der Waals surface area contributed by atoms with Crippen LogP contribution in [0, 0.1) is 26.0 Å². The van der Waals surface area contributed by atoms with Crippen LogP contribution in [0.15, 0.2) is 122 Å². The summed E-state index contributed by atoms with van der Waals surface area (Å²) in [7, 11) is -1.27. The van der Waals surface area contributed by atoms with E-state index in [0.717, 1.165) is 33.6 Å². The average molecular weight is 979 g/mol. The number of rotatable bonds is 6. The van der Waals surface area contributed by atoms with Crippen LogP contribution < -0.4 is 9.58 Å². The maximum absolute atomic E-state index is 9.40. The summed E-state index contributed by atoms with van der Waals surface area (Å²) >= 11 is -0.116. The summed E-state index contributed by atoms with van der Waals surface area (Å²) in [6.45, 7) is 13.3. The van der Waals surface area contributed by atoms with Crippen molar-refractivity contribution in [1.82, 2.24) is 9.97 Å². The molecule has 0 bridgehead atoms. The molecule has 0 spiro atoms. The average Bonchev–Trinajstić information content (AvgIpc) is 3.53. The smallest absolute Gasteiger partial charge is 0.0587 e. The third-order valence-electron chi connectivity index (χ3n) is 10.1. The third kappa shape index (κ3) is 8.56. The molecule has 6 heteroatoms. The van der Waals surface area contributed by atoms with Gasteiger partial charge in [0.2, 0.25) is 0 Å². The fourth-order valence-electron chi connectivity index (χ4n) is 7.01. The molecule has 0 saturated heterocycles. The van der Waals surface area contributed by atoms with E-state index in [1.165, 1.54) is 51.7 Å². The first-order valence-electron chi connectivity index (χ1n) is 18.9. The van der Waals surface area contributed by atoms with Crippen molar-refractivity contribution < 1.29 is 21.5 Å². The molecule has 275 valence electrons. The Bertz CT molecular complexity index is 2640. The minimum atomic E-state index is -1.93. The Labute approximate surface area is 344 Å². The van der Waals surface area contributed by atoms with Crippen molar-refractivity contribution in [3.63, 3.8) is 0 Å². The number of pyridine rings is 2. The molecule has 0 saturated carbocycles. The van der Waals surface area contributed by atoms with Crippen molar-refractivity contribution >= 4 is 73.2 Å². The van der Waals surface area contributed by atoms with E-state index >= 15 is 0 Å². The molecular formula is C48H48GeIrN2SSi-2. The number of aromatic nitrogens is 2. The van der Waals surface area contributed by atoms with Crippen LogP contribution in [0.1, 0.15) is 36.4 Å². The van der Waals surface area contributed by atoms with Crippen molar-refractivity contribution in [3.05, 3.63) is 156 Å². The zero-order valence-electron chi connectivity index (χ0n) is 33.7. The second-order valence-corrected chi connectivity index (χ2v) is 32.9. The van der Waals surface area contributed by atoms with Gasteiger partial charge in [-0.1, -0.05) is 61.1 Å². The molecule has 8 rings (SSSR count). The van der Waals surface area contributed by atoms with Gasteiger partial charge in [0.25, 0.3) is 0 Å². The van der Waals surface area contributed by atoms with E-state index < -0.39 is 27.2 Å². The van der Waals surface area contributed by atoms with Gasteiger partial charge in [0.15, 0.2) is 0 Å². The molecule has 8 aromatic rings. The molecule has 3 heterocycles. The number of hydrogen-bond donors (Lipinski definition) is 0. The Kier molecular flexibility index (Phi) is 11.6. The molecule has 0 fully saturated rings. The normalized spacial score (nSPS) is 13.2. The van der Waals surface area contributed by atoms with Crippen molar-refractivity contribution in [3.8, 4) is 22.5 Å². The quantitative estimate of drug-likeness (QED) is 0.123. The van der Waals surface area contributed by atoms with Crippen molar-refractivity contribution in [2.24, 2.45) is 0 Å². The van der Waals surface area contributed by atoms with Gasteiger partial charge in [0, 0.05) is 26.3 Å². The van der Waals surface area contributed by atoms with Crippen molar-refractivity contribution in [2.75, 3.05) is 0 Å². The molecule has 1 radical (unpaired) electrons. The van der Waals surface area contributed by atoms with Crippen molar-refractivity contribution in [2.45, 2.75) is 63.6 Å². The van der Waals surface area contributed by atoms with Gasteiger partial charge >= 0.3 is 175 Å². The van der Waals surface area contributed by atoms with Crippen LogP contribution in [0.5, 0.6) is 0 Å². The second kappa shape index (κ2) is 16.2. The van der Waals surface area contributed by atoms with Crippen LogP contribution in [0.25, 0.3) is 53.5 Å². The Hall–Kier alpha value is -3.71. The minimum Gasteiger partial charge on any atom is -0.0587 e. The second-order valence-electron chi connectivity index (χ2n) is 16.2. The molecule has 0 aliphatic heterocycles. The maximum atomic E-state index is 9.40. The number of hydrogen-bond acceptors (Lipinski definition) is 3. The summed E-state index contributed by atoms with van der Waals surface area (Å²) in [4.78, 5) is 9.34.